The minimum Gasteiger partial charge on any atom is -0.497 e. The zero-order valence-electron chi connectivity index (χ0n) is 11.5. The number of aliphatic hydroxyl groups excluding tert-OH is 1. The highest BCUT2D eigenvalue weighted by Gasteiger charge is 2.23. The lowest BCUT2D eigenvalue weighted by molar-refractivity contribution is 0.0614. The van der Waals surface area contributed by atoms with Crippen molar-refractivity contribution >= 4 is 21.8 Å². The zero-order chi connectivity index (χ0) is 14.5. The Hall–Kier alpha value is -1.11. The van der Waals surface area contributed by atoms with Gasteiger partial charge in [-0.1, -0.05) is 0 Å². The van der Waals surface area contributed by atoms with E-state index in [1.807, 2.05) is 17.0 Å². The van der Waals surface area contributed by atoms with Crippen molar-refractivity contribution in [3.05, 3.63) is 28.2 Å². The summed E-state index contributed by atoms with van der Waals surface area (Å²) in [6.45, 7) is 3.80. The van der Waals surface area contributed by atoms with Crippen molar-refractivity contribution < 1.29 is 14.6 Å². The molecule has 1 aliphatic rings. The van der Waals surface area contributed by atoms with Gasteiger partial charge in [0.1, 0.15) is 5.75 Å². The first-order valence-corrected chi connectivity index (χ1v) is 7.41. The number of benzene rings is 1. The molecule has 0 unspecified atom stereocenters. The summed E-state index contributed by atoms with van der Waals surface area (Å²) in [4.78, 5) is 16.5. The number of carbonyl (C=O) groups excluding carboxylic acids is 1. The second kappa shape index (κ2) is 7.06. The van der Waals surface area contributed by atoms with Gasteiger partial charge in [-0.3, -0.25) is 9.69 Å². The second-order valence-corrected chi connectivity index (χ2v) is 5.56. The third-order valence-corrected chi connectivity index (χ3v) is 4.17. The summed E-state index contributed by atoms with van der Waals surface area (Å²) in [5.74, 6) is 0.690. The van der Waals surface area contributed by atoms with Gasteiger partial charge in [-0.05, 0) is 34.1 Å². The van der Waals surface area contributed by atoms with Crippen LogP contribution in [0.3, 0.4) is 0 Å². The molecule has 20 heavy (non-hydrogen) atoms. The van der Waals surface area contributed by atoms with Crippen LogP contribution in [0.4, 0.5) is 0 Å². The van der Waals surface area contributed by atoms with Crippen LogP contribution in [-0.4, -0.2) is 67.3 Å². The SMILES string of the molecule is COc1ccc(Br)c(C(=O)N2CCN(CCO)CC2)c1. The molecule has 1 saturated heterocycles. The fraction of sp³-hybridized carbons (Fsp3) is 0.500. The summed E-state index contributed by atoms with van der Waals surface area (Å²) < 4.78 is 5.95. The van der Waals surface area contributed by atoms with Gasteiger partial charge in [0.15, 0.2) is 0 Å². The molecule has 0 bridgehead atoms. The monoisotopic (exact) mass is 342 g/mol. The number of rotatable bonds is 4. The number of methoxy groups -OCH3 is 1. The molecular formula is C14H19BrN2O3. The predicted molar refractivity (Wildman–Crippen MR) is 80.1 cm³/mol. The zero-order valence-corrected chi connectivity index (χ0v) is 13.1. The Labute approximate surface area is 127 Å². The second-order valence-electron chi connectivity index (χ2n) is 4.70. The highest BCUT2D eigenvalue weighted by atomic mass is 79.9. The molecule has 110 valence electrons. The van der Waals surface area contributed by atoms with Gasteiger partial charge in [0.25, 0.3) is 5.91 Å². The molecule has 5 nitrogen and oxygen atoms in total. The number of carbonyl (C=O) groups is 1. The maximum Gasteiger partial charge on any atom is 0.255 e. The molecule has 0 spiro atoms. The van der Waals surface area contributed by atoms with Crippen molar-refractivity contribution in [3.63, 3.8) is 0 Å². The van der Waals surface area contributed by atoms with E-state index in [1.165, 1.54) is 0 Å². The van der Waals surface area contributed by atoms with Crippen molar-refractivity contribution in [2.45, 2.75) is 0 Å². The first-order chi connectivity index (χ1) is 9.65. The number of β-amino-alcohol motifs (C(OH)–C–C–N with tert-alkyl or cyclic N) is 1. The number of ether oxygens (including phenoxy) is 1. The number of piperazine rings is 1. The highest BCUT2D eigenvalue weighted by molar-refractivity contribution is 9.10. The summed E-state index contributed by atoms with van der Waals surface area (Å²) >= 11 is 3.42. The van der Waals surface area contributed by atoms with Gasteiger partial charge in [-0.15, -0.1) is 0 Å². The maximum absolute atomic E-state index is 12.5. The minimum atomic E-state index is 0.0134. The van der Waals surface area contributed by atoms with Crippen LogP contribution in [0, 0.1) is 0 Å². The van der Waals surface area contributed by atoms with E-state index in [0.29, 0.717) is 30.9 Å². The van der Waals surface area contributed by atoms with E-state index in [-0.39, 0.29) is 12.5 Å². The molecule has 1 amide bonds. The van der Waals surface area contributed by atoms with Crippen LogP contribution in [-0.2, 0) is 0 Å². The number of amides is 1. The van der Waals surface area contributed by atoms with Gasteiger partial charge < -0.3 is 14.7 Å². The molecule has 0 aromatic heterocycles. The first-order valence-electron chi connectivity index (χ1n) is 6.61. The standard InChI is InChI=1S/C14H19BrN2O3/c1-20-11-2-3-13(15)12(10-11)14(19)17-6-4-16(5-7-17)8-9-18/h2-3,10,18H,4-9H2,1H3. The quantitative estimate of drug-likeness (QED) is 0.893. The van der Waals surface area contributed by atoms with Crippen molar-refractivity contribution in [1.29, 1.82) is 0 Å². The van der Waals surface area contributed by atoms with E-state index >= 15 is 0 Å². The summed E-state index contributed by atoms with van der Waals surface area (Å²) in [6, 6.07) is 5.40. The van der Waals surface area contributed by atoms with E-state index in [1.54, 1.807) is 13.2 Å². The Morgan fingerprint density at radius 3 is 2.65 bits per heavy atom. The molecule has 1 aliphatic heterocycles. The molecule has 2 rings (SSSR count). The number of aliphatic hydroxyl groups is 1. The minimum absolute atomic E-state index is 0.0134. The third-order valence-electron chi connectivity index (χ3n) is 3.48. The van der Waals surface area contributed by atoms with E-state index in [4.69, 9.17) is 9.84 Å². The van der Waals surface area contributed by atoms with Crippen LogP contribution in [0.2, 0.25) is 0 Å². The maximum atomic E-state index is 12.5. The lowest BCUT2D eigenvalue weighted by Crippen LogP contribution is -2.49. The van der Waals surface area contributed by atoms with Gasteiger partial charge in [0.2, 0.25) is 0 Å². The molecule has 1 heterocycles. The van der Waals surface area contributed by atoms with Crippen LogP contribution in [0.5, 0.6) is 5.75 Å². The van der Waals surface area contributed by atoms with Gasteiger partial charge in [-0.25, -0.2) is 0 Å². The average molecular weight is 343 g/mol. The molecule has 0 saturated carbocycles. The Bertz CT molecular complexity index is 473. The van der Waals surface area contributed by atoms with E-state index in [0.717, 1.165) is 17.6 Å². The molecule has 1 fully saturated rings. The van der Waals surface area contributed by atoms with Gasteiger partial charge in [-0.2, -0.15) is 0 Å². The first kappa shape index (κ1) is 15.3. The van der Waals surface area contributed by atoms with Crippen LogP contribution >= 0.6 is 15.9 Å². The van der Waals surface area contributed by atoms with Gasteiger partial charge >= 0.3 is 0 Å². The summed E-state index contributed by atoms with van der Waals surface area (Å²) in [6.07, 6.45) is 0. The number of nitrogens with zero attached hydrogens (tertiary/aromatic N) is 2. The van der Waals surface area contributed by atoms with Crippen molar-refractivity contribution in [3.8, 4) is 5.75 Å². The smallest absolute Gasteiger partial charge is 0.255 e. The van der Waals surface area contributed by atoms with Crippen molar-refractivity contribution in [1.82, 2.24) is 9.80 Å². The summed E-state index contributed by atoms with van der Waals surface area (Å²) in [5, 5.41) is 8.92. The van der Waals surface area contributed by atoms with Gasteiger partial charge in [0, 0.05) is 37.2 Å². The Morgan fingerprint density at radius 2 is 2.05 bits per heavy atom. The fourth-order valence-electron chi connectivity index (χ4n) is 2.28. The van der Waals surface area contributed by atoms with Crippen molar-refractivity contribution in [2.24, 2.45) is 0 Å². The van der Waals surface area contributed by atoms with E-state index < -0.39 is 0 Å². The Balaban J connectivity index is 2.05. The van der Waals surface area contributed by atoms with Crippen LogP contribution in [0.1, 0.15) is 10.4 Å². The van der Waals surface area contributed by atoms with E-state index in [9.17, 15) is 4.79 Å². The molecule has 6 heteroatoms. The molecule has 0 aliphatic carbocycles. The van der Waals surface area contributed by atoms with Crippen LogP contribution in [0.25, 0.3) is 0 Å². The lowest BCUT2D eigenvalue weighted by Gasteiger charge is -2.34. The molecular weight excluding hydrogens is 324 g/mol. The molecule has 1 aromatic carbocycles. The molecule has 1 aromatic rings. The number of hydrogen-bond acceptors (Lipinski definition) is 4. The predicted octanol–water partition coefficient (Wildman–Crippen LogP) is 1.21. The normalized spacial score (nSPS) is 16.2. The largest absolute Gasteiger partial charge is 0.497 e. The average Bonchev–Trinajstić information content (AvgIpc) is 2.48. The molecule has 0 radical (unpaired) electrons. The summed E-state index contributed by atoms with van der Waals surface area (Å²) in [7, 11) is 1.59. The fourth-order valence-corrected chi connectivity index (χ4v) is 2.70. The molecule has 1 N–H and O–H groups in total. The number of halogens is 1. The highest BCUT2D eigenvalue weighted by Crippen LogP contribution is 2.24. The van der Waals surface area contributed by atoms with Crippen LogP contribution < -0.4 is 4.74 Å². The number of hydrogen-bond donors (Lipinski definition) is 1. The summed E-state index contributed by atoms with van der Waals surface area (Å²) in [5.41, 5.74) is 0.625. The Kier molecular flexibility index (Phi) is 5.39. The van der Waals surface area contributed by atoms with Crippen molar-refractivity contribution in [2.75, 3.05) is 46.4 Å². The van der Waals surface area contributed by atoms with Gasteiger partial charge in [0.05, 0.1) is 19.3 Å². The molecule has 0 atom stereocenters. The van der Waals surface area contributed by atoms with E-state index in [2.05, 4.69) is 20.8 Å². The third kappa shape index (κ3) is 3.50. The Morgan fingerprint density at radius 1 is 1.35 bits per heavy atom. The topological polar surface area (TPSA) is 53.0 Å². The lowest BCUT2D eigenvalue weighted by atomic mass is 10.1. The van der Waals surface area contributed by atoms with Crippen LogP contribution in [0.15, 0.2) is 22.7 Å².